The summed E-state index contributed by atoms with van der Waals surface area (Å²) in [5.41, 5.74) is 2.57. The van der Waals surface area contributed by atoms with Crippen molar-refractivity contribution in [2.45, 2.75) is 38.6 Å². The summed E-state index contributed by atoms with van der Waals surface area (Å²) in [6.45, 7) is 7.73. The minimum atomic E-state index is -3.54. The average molecular weight is 308 g/mol. The van der Waals surface area contributed by atoms with Gasteiger partial charge in [-0.3, -0.25) is 0 Å². The van der Waals surface area contributed by atoms with E-state index < -0.39 is 10.0 Å². The van der Waals surface area contributed by atoms with Gasteiger partial charge in [0.25, 0.3) is 0 Å². The normalized spacial score (nSPS) is 13.3. The summed E-state index contributed by atoms with van der Waals surface area (Å²) in [7, 11) is -3.54. The van der Waals surface area contributed by atoms with E-state index in [1.165, 1.54) is 6.33 Å². The number of sulfonamides is 1. The smallest absolute Gasteiger partial charge is 0.241 e. The number of nitrogens with one attached hydrogen (secondary N) is 1. The van der Waals surface area contributed by atoms with Crippen LogP contribution in [-0.4, -0.2) is 29.7 Å². The van der Waals surface area contributed by atoms with Gasteiger partial charge in [0, 0.05) is 6.54 Å². The molecule has 0 aliphatic carbocycles. The van der Waals surface area contributed by atoms with Crippen LogP contribution in [0.4, 0.5) is 0 Å². The molecule has 6 nitrogen and oxygen atoms in total. The van der Waals surface area contributed by atoms with E-state index in [-0.39, 0.29) is 12.6 Å². The molecular formula is C14H20N4O2S. The topological polar surface area (TPSA) is 76.9 Å². The van der Waals surface area contributed by atoms with Gasteiger partial charge in [0.15, 0.2) is 0 Å². The molecule has 1 heterocycles. The Balaban J connectivity index is 2.20. The Morgan fingerprint density at radius 1 is 1.24 bits per heavy atom. The molecule has 0 aliphatic rings. The van der Waals surface area contributed by atoms with Crippen LogP contribution in [0.2, 0.25) is 0 Å². The number of hydrogen-bond donors (Lipinski definition) is 1. The van der Waals surface area contributed by atoms with Crippen LogP contribution in [-0.2, 0) is 10.0 Å². The molecule has 114 valence electrons. The molecule has 7 heteroatoms. The van der Waals surface area contributed by atoms with Crippen molar-refractivity contribution in [2.24, 2.45) is 0 Å². The van der Waals surface area contributed by atoms with E-state index >= 15 is 0 Å². The summed E-state index contributed by atoms with van der Waals surface area (Å²) < 4.78 is 29.3. The summed E-state index contributed by atoms with van der Waals surface area (Å²) in [6, 6.07) is 3.65. The maximum atomic E-state index is 12.5. The van der Waals surface area contributed by atoms with Crippen molar-refractivity contribution in [3.05, 3.63) is 41.5 Å². The molecule has 0 radical (unpaired) electrons. The third-order valence-corrected chi connectivity index (χ3v) is 5.06. The van der Waals surface area contributed by atoms with Crippen LogP contribution in [0.25, 0.3) is 0 Å². The minimum absolute atomic E-state index is 0.103. The van der Waals surface area contributed by atoms with Gasteiger partial charge in [-0.15, -0.1) is 0 Å². The second kappa shape index (κ2) is 5.95. The van der Waals surface area contributed by atoms with Crippen LogP contribution in [0, 0.1) is 20.8 Å². The van der Waals surface area contributed by atoms with Gasteiger partial charge < -0.3 is 0 Å². The van der Waals surface area contributed by atoms with Crippen LogP contribution in [0.3, 0.4) is 0 Å². The zero-order valence-electron chi connectivity index (χ0n) is 12.7. The molecule has 0 bridgehead atoms. The first-order chi connectivity index (χ1) is 9.81. The highest BCUT2D eigenvalue weighted by Gasteiger charge is 2.20. The van der Waals surface area contributed by atoms with Crippen molar-refractivity contribution in [3.63, 3.8) is 0 Å². The standard InChI is InChI=1S/C14H20N4O2S/c1-10-5-11(2)14(12(3)6-10)21(19,20)17-7-13(4)18-9-15-8-16-18/h5-6,8-9,13,17H,7H2,1-4H3/t13-/m0/s1. The van der Waals surface area contributed by atoms with Crippen LogP contribution in [0.1, 0.15) is 29.7 Å². The molecule has 0 aliphatic heterocycles. The highest BCUT2D eigenvalue weighted by molar-refractivity contribution is 7.89. The fourth-order valence-corrected chi connectivity index (χ4v) is 4.00. The maximum absolute atomic E-state index is 12.5. The van der Waals surface area contributed by atoms with Crippen LogP contribution in [0.5, 0.6) is 0 Å². The van der Waals surface area contributed by atoms with Crippen molar-refractivity contribution in [3.8, 4) is 0 Å². The van der Waals surface area contributed by atoms with Crippen molar-refractivity contribution in [2.75, 3.05) is 6.54 Å². The molecule has 1 atom stereocenters. The molecule has 0 spiro atoms. The Morgan fingerprint density at radius 3 is 2.38 bits per heavy atom. The van der Waals surface area contributed by atoms with Crippen molar-refractivity contribution < 1.29 is 8.42 Å². The predicted octanol–water partition coefficient (Wildman–Crippen LogP) is 1.74. The fraction of sp³-hybridized carbons (Fsp3) is 0.429. The lowest BCUT2D eigenvalue weighted by Gasteiger charge is -2.16. The van der Waals surface area contributed by atoms with Gasteiger partial charge in [-0.1, -0.05) is 17.7 Å². The summed E-state index contributed by atoms with van der Waals surface area (Å²) in [4.78, 5) is 4.22. The van der Waals surface area contributed by atoms with Gasteiger partial charge in [0.2, 0.25) is 10.0 Å². The fourth-order valence-electron chi connectivity index (χ4n) is 2.43. The monoisotopic (exact) mass is 308 g/mol. The zero-order chi connectivity index (χ0) is 15.6. The van der Waals surface area contributed by atoms with Crippen LogP contribution < -0.4 is 4.72 Å². The Morgan fingerprint density at radius 2 is 1.86 bits per heavy atom. The molecule has 2 aromatic rings. The largest absolute Gasteiger partial charge is 0.249 e. The molecule has 0 amide bonds. The Hall–Kier alpha value is -1.73. The zero-order valence-corrected chi connectivity index (χ0v) is 13.5. The summed E-state index contributed by atoms with van der Waals surface area (Å²) in [5.74, 6) is 0. The third kappa shape index (κ3) is 3.48. The summed E-state index contributed by atoms with van der Waals surface area (Å²) in [5, 5.41) is 4.01. The number of rotatable bonds is 5. The Kier molecular flexibility index (Phi) is 4.43. The number of benzene rings is 1. The van der Waals surface area contributed by atoms with Crippen molar-refractivity contribution >= 4 is 10.0 Å². The van der Waals surface area contributed by atoms with E-state index in [1.54, 1.807) is 11.0 Å². The minimum Gasteiger partial charge on any atom is -0.249 e. The maximum Gasteiger partial charge on any atom is 0.241 e. The molecule has 1 N–H and O–H groups in total. The van der Waals surface area contributed by atoms with E-state index in [4.69, 9.17) is 0 Å². The van der Waals surface area contributed by atoms with Gasteiger partial charge in [-0.2, -0.15) is 5.10 Å². The lowest BCUT2D eigenvalue weighted by molar-refractivity contribution is 0.477. The number of aromatic nitrogens is 3. The lowest BCUT2D eigenvalue weighted by atomic mass is 10.1. The number of hydrogen-bond acceptors (Lipinski definition) is 4. The Bertz CT molecular complexity index is 700. The third-order valence-electron chi connectivity index (χ3n) is 3.33. The quantitative estimate of drug-likeness (QED) is 0.913. The van der Waals surface area contributed by atoms with E-state index in [2.05, 4.69) is 14.8 Å². The molecule has 0 saturated carbocycles. The highest BCUT2D eigenvalue weighted by atomic mass is 32.2. The van der Waals surface area contributed by atoms with Gasteiger partial charge in [-0.25, -0.2) is 22.8 Å². The molecule has 1 aromatic carbocycles. The van der Waals surface area contributed by atoms with Crippen LogP contribution in [0.15, 0.2) is 29.7 Å². The van der Waals surface area contributed by atoms with Gasteiger partial charge in [-0.05, 0) is 38.8 Å². The highest BCUT2D eigenvalue weighted by Crippen LogP contribution is 2.21. The first-order valence-electron chi connectivity index (χ1n) is 6.73. The SMILES string of the molecule is Cc1cc(C)c(S(=O)(=O)NC[C@H](C)n2cncn2)c(C)c1. The first-order valence-corrected chi connectivity index (χ1v) is 8.21. The lowest BCUT2D eigenvalue weighted by Crippen LogP contribution is -2.30. The molecule has 0 fully saturated rings. The van der Waals surface area contributed by atoms with E-state index in [0.717, 1.165) is 16.7 Å². The molecule has 21 heavy (non-hydrogen) atoms. The second-order valence-corrected chi connectivity index (χ2v) is 7.01. The predicted molar refractivity (Wildman–Crippen MR) is 80.6 cm³/mol. The summed E-state index contributed by atoms with van der Waals surface area (Å²) >= 11 is 0. The van der Waals surface area contributed by atoms with Crippen LogP contribution >= 0.6 is 0 Å². The van der Waals surface area contributed by atoms with E-state index in [0.29, 0.717) is 4.90 Å². The van der Waals surface area contributed by atoms with Crippen molar-refractivity contribution in [1.82, 2.24) is 19.5 Å². The number of aryl methyl sites for hydroxylation is 3. The molecule has 0 unspecified atom stereocenters. The molecule has 2 rings (SSSR count). The second-order valence-electron chi connectivity index (χ2n) is 5.30. The van der Waals surface area contributed by atoms with E-state index in [9.17, 15) is 8.42 Å². The van der Waals surface area contributed by atoms with Gasteiger partial charge in [0.05, 0.1) is 10.9 Å². The van der Waals surface area contributed by atoms with Gasteiger partial charge in [0.1, 0.15) is 12.7 Å². The number of nitrogens with zero attached hydrogens (tertiary/aromatic N) is 3. The molecular weight excluding hydrogens is 288 g/mol. The molecule has 0 saturated heterocycles. The van der Waals surface area contributed by atoms with Gasteiger partial charge >= 0.3 is 0 Å². The van der Waals surface area contributed by atoms with E-state index in [1.807, 2.05) is 39.8 Å². The summed E-state index contributed by atoms with van der Waals surface area (Å²) in [6.07, 6.45) is 3.00. The Labute approximate surface area is 125 Å². The first kappa shape index (κ1) is 15.7. The van der Waals surface area contributed by atoms with Crippen molar-refractivity contribution in [1.29, 1.82) is 0 Å². The average Bonchev–Trinajstić information content (AvgIpc) is 2.88. The molecule has 1 aromatic heterocycles.